The second-order valence-electron chi connectivity index (χ2n) is 9.94. The van der Waals surface area contributed by atoms with E-state index in [0.29, 0.717) is 30.6 Å². The van der Waals surface area contributed by atoms with Crippen LogP contribution in [0.15, 0.2) is 0 Å². The molecule has 0 aromatic rings. The van der Waals surface area contributed by atoms with Crippen molar-refractivity contribution >= 4 is 0 Å². The first-order chi connectivity index (χ1) is 11.5. The average Bonchev–Trinajstić information content (AvgIpc) is 2.81. The van der Waals surface area contributed by atoms with Crippen molar-refractivity contribution in [3.8, 4) is 0 Å². The molecule has 0 amide bonds. The van der Waals surface area contributed by atoms with Crippen LogP contribution in [0.1, 0.15) is 71.6 Å². The van der Waals surface area contributed by atoms with E-state index >= 15 is 0 Å². The second kappa shape index (κ2) is 5.37. The van der Waals surface area contributed by atoms with Gasteiger partial charge in [-0.3, -0.25) is 0 Å². The predicted molar refractivity (Wildman–Crippen MR) is 88.7 cm³/mol. The van der Waals surface area contributed by atoms with Crippen molar-refractivity contribution in [1.29, 1.82) is 0 Å². The van der Waals surface area contributed by atoms with Crippen LogP contribution in [0.3, 0.4) is 0 Å². The first-order valence-electron chi connectivity index (χ1n) is 10.00. The lowest BCUT2D eigenvalue weighted by Gasteiger charge is -2.61. The van der Waals surface area contributed by atoms with E-state index in [9.17, 15) is 23.4 Å². The highest BCUT2D eigenvalue weighted by atomic mass is 19.4. The smallest absolute Gasteiger partial charge is 0.393 e. The van der Waals surface area contributed by atoms with Crippen molar-refractivity contribution in [2.45, 2.75) is 89.5 Å². The van der Waals surface area contributed by atoms with Crippen LogP contribution in [0, 0.1) is 34.5 Å². The molecule has 0 heterocycles. The number of hydrogen-bond donors (Lipinski definition) is 2. The largest absolute Gasteiger partial charge is 0.417 e. The van der Waals surface area contributed by atoms with Gasteiger partial charge >= 0.3 is 6.18 Å². The lowest BCUT2D eigenvalue weighted by atomic mass is 9.44. The number of halogens is 3. The summed E-state index contributed by atoms with van der Waals surface area (Å²) in [5.74, 6) is 1.23. The standard InChI is InChI=1S/C20H31F3O2/c1-17-8-5-13(24)11-12(17)3-4-14-15(17)6-9-18(2)16(14)7-10-19(18,25)20(21,22)23/h12-16,24-25H,3-11H2,1-2H3/t12-,13-,14+,15-,16-,17-,18-,19-/m0/s1. The van der Waals surface area contributed by atoms with Crippen LogP contribution in [0.4, 0.5) is 13.2 Å². The van der Waals surface area contributed by atoms with Gasteiger partial charge in [-0.25, -0.2) is 0 Å². The van der Waals surface area contributed by atoms with Gasteiger partial charge in [0, 0.05) is 5.41 Å². The minimum absolute atomic E-state index is 0.0255. The first-order valence-corrected chi connectivity index (χ1v) is 10.00. The maximum Gasteiger partial charge on any atom is 0.417 e. The van der Waals surface area contributed by atoms with E-state index in [0.717, 1.165) is 38.5 Å². The fraction of sp³-hybridized carbons (Fsp3) is 1.00. The zero-order valence-electron chi connectivity index (χ0n) is 15.3. The van der Waals surface area contributed by atoms with Crippen LogP contribution in [0.5, 0.6) is 0 Å². The van der Waals surface area contributed by atoms with Gasteiger partial charge in [0.1, 0.15) is 0 Å². The van der Waals surface area contributed by atoms with Crippen LogP contribution in [0.25, 0.3) is 0 Å². The molecule has 144 valence electrons. The molecule has 0 bridgehead atoms. The van der Waals surface area contributed by atoms with E-state index in [-0.39, 0.29) is 23.9 Å². The van der Waals surface area contributed by atoms with Gasteiger partial charge in [0.2, 0.25) is 0 Å². The summed E-state index contributed by atoms with van der Waals surface area (Å²) in [5, 5.41) is 20.7. The number of hydrogen-bond acceptors (Lipinski definition) is 2. The average molecular weight is 360 g/mol. The zero-order valence-corrected chi connectivity index (χ0v) is 15.3. The van der Waals surface area contributed by atoms with Crippen LogP contribution >= 0.6 is 0 Å². The van der Waals surface area contributed by atoms with Crippen molar-refractivity contribution in [3.63, 3.8) is 0 Å². The molecule has 25 heavy (non-hydrogen) atoms. The van der Waals surface area contributed by atoms with Gasteiger partial charge in [0.25, 0.3) is 0 Å². The molecule has 2 nitrogen and oxygen atoms in total. The Hall–Kier alpha value is -0.290. The molecule has 4 aliphatic rings. The molecule has 0 aromatic carbocycles. The second-order valence-corrected chi connectivity index (χ2v) is 9.94. The molecule has 4 aliphatic carbocycles. The molecule has 4 rings (SSSR count). The summed E-state index contributed by atoms with van der Waals surface area (Å²) in [5.41, 5.74) is -3.40. The van der Waals surface area contributed by atoms with E-state index in [4.69, 9.17) is 0 Å². The topological polar surface area (TPSA) is 40.5 Å². The summed E-state index contributed by atoms with van der Waals surface area (Å²) in [7, 11) is 0. The summed E-state index contributed by atoms with van der Waals surface area (Å²) in [6, 6.07) is 0. The predicted octanol–water partition coefficient (Wildman–Crippen LogP) is 4.68. The molecule has 2 N–H and O–H groups in total. The van der Waals surface area contributed by atoms with E-state index in [1.807, 2.05) is 0 Å². The Morgan fingerprint density at radius 2 is 1.56 bits per heavy atom. The van der Waals surface area contributed by atoms with Gasteiger partial charge in [0.05, 0.1) is 6.10 Å². The molecular weight excluding hydrogens is 329 g/mol. The number of alkyl halides is 3. The number of fused-ring (bicyclic) bond motifs is 5. The van der Waals surface area contributed by atoms with E-state index in [2.05, 4.69) is 6.92 Å². The summed E-state index contributed by atoms with van der Waals surface area (Å²) in [6.07, 6.45) is 1.53. The molecule has 0 aliphatic heterocycles. The molecule has 4 fully saturated rings. The monoisotopic (exact) mass is 360 g/mol. The van der Waals surface area contributed by atoms with Crippen LogP contribution in [-0.2, 0) is 0 Å². The number of rotatable bonds is 0. The van der Waals surface area contributed by atoms with Gasteiger partial charge in [-0.1, -0.05) is 13.8 Å². The fourth-order valence-corrected chi connectivity index (χ4v) is 7.72. The van der Waals surface area contributed by atoms with E-state index < -0.39 is 17.2 Å². The van der Waals surface area contributed by atoms with Crippen molar-refractivity contribution < 1.29 is 23.4 Å². The fourth-order valence-electron chi connectivity index (χ4n) is 7.72. The van der Waals surface area contributed by atoms with Gasteiger partial charge in [-0.05, 0) is 86.9 Å². The van der Waals surface area contributed by atoms with Crippen molar-refractivity contribution in [3.05, 3.63) is 0 Å². The quantitative estimate of drug-likeness (QED) is 0.658. The van der Waals surface area contributed by atoms with Crippen molar-refractivity contribution in [2.24, 2.45) is 34.5 Å². The summed E-state index contributed by atoms with van der Waals surface area (Å²) in [6.45, 7) is 4.03. The van der Waals surface area contributed by atoms with E-state index in [1.165, 1.54) is 0 Å². The third-order valence-corrected chi connectivity index (χ3v) is 9.26. The highest BCUT2D eigenvalue weighted by Crippen LogP contribution is 2.70. The van der Waals surface area contributed by atoms with Crippen LogP contribution < -0.4 is 0 Å². The molecule has 0 radical (unpaired) electrons. The van der Waals surface area contributed by atoms with E-state index in [1.54, 1.807) is 6.92 Å². The Kier molecular flexibility index (Phi) is 3.89. The number of aliphatic hydroxyl groups is 2. The molecule has 0 aromatic heterocycles. The number of aliphatic hydroxyl groups excluding tert-OH is 1. The van der Waals surface area contributed by atoms with Gasteiger partial charge in [-0.15, -0.1) is 0 Å². The molecule has 8 atom stereocenters. The molecule has 4 saturated carbocycles. The minimum Gasteiger partial charge on any atom is -0.393 e. The Labute approximate surface area is 148 Å². The zero-order chi connectivity index (χ0) is 18.3. The lowest BCUT2D eigenvalue weighted by Crippen LogP contribution is -2.60. The van der Waals surface area contributed by atoms with Gasteiger partial charge in [-0.2, -0.15) is 13.2 Å². The molecule has 5 heteroatoms. The van der Waals surface area contributed by atoms with Crippen molar-refractivity contribution in [1.82, 2.24) is 0 Å². The first kappa shape index (κ1) is 18.1. The summed E-state index contributed by atoms with van der Waals surface area (Å²) >= 11 is 0. The van der Waals surface area contributed by atoms with Crippen LogP contribution in [0.2, 0.25) is 0 Å². The highest BCUT2D eigenvalue weighted by Gasteiger charge is 2.72. The Balaban J connectivity index is 1.65. The Morgan fingerprint density at radius 1 is 0.880 bits per heavy atom. The maximum atomic E-state index is 13.7. The summed E-state index contributed by atoms with van der Waals surface area (Å²) in [4.78, 5) is 0. The molecule has 0 spiro atoms. The maximum absolute atomic E-state index is 13.7. The third kappa shape index (κ3) is 2.24. The minimum atomic E-state index is -4.54. The van der Waals surface area contributed by atoms with Crippen LogP contribution in [-0.4, -0.2) is 28.1 Å². The molecule has 0 unspecified atom stereocenters. The Bertz CT molecular complexity index is 550. The summed E-state index contributed by atoms with van der Waals surface area (Å²) < 4.78 is 41.1. The van der Waals surface area contributed by atoms with Gasteiger partial charge in [0.15, 0.2) is 5.60 Å². The van der Waals surface area contributed by atoms with Gasteiger partial charge < -0.3 is 10.2 Å². The third-order valence-electron chi connectivity index (χ3n) is 9.26. The lowest BCUT2D eigenvalue weighted by molar-refractivity contribution is -0.304. The SMILES string of the molecule is C[C@]12CC[C@H](O)C[C@@H]1CC[C@@H]1[C@@H]2CC[C@@]2(C)[C@H]1CC[C@@]2(O)C(F)(F)F. The molecular formula is C20H31F3O2. The normalized spacial score (nSPS) is 56.0. The Morgan fingerprint density at radius 3 is 2.24 bits per heavy atom. The highest BCUT2D eigenvalue weighted by molar-refractivity contribution is 5.16. The molecule has 0 saturated heterocycles. The van der Waals surface area contributed by atoms with Crippen molar-refractivity contribution in [2.75, 3.05) is 0 Å².